The molecule has 0 unspecified atom stereocenters. The van der Waals surface area contributed by atoms with Crippen molar-refractivity contribution >= 4 is 5.97 Å². The van der Waals surface area contributed by atoms with E-state index in [1.54, 1.807) is 6.92 Å². The van der Waals surface area contributed by atoms with Crippen LogP contribution in [0, 0.1) is 0 Å². The smallest absolute Gasteiger partial charge is 0.321 e. The van der Waals surface area contributed by atoms with Crippen LogP contribution in [0.15, 0.2) is 0 Å². The molecule has 41 valence electrons. The van der Waals surface area contributed by atoms with Crippen LogP contribution >= 0.6 is 0 Å². The van der Waals surface area contributed by atoms with Crippen LogP contribution in [0.5, 0.6) is 0 Å². The van der Waals surface area contributed by atoms with Crippen LogP contribution < -0.4 is 5.73 Å². The van der Waals surface area contributed by atoms with Gasteiger partial charge < -0.3 is 4.74 Å². The van der Waals surface area contributed by atoms with Crippen molar-refractivity contribution in [1.82, 2.24) is 5.73 Å². The molecule has 0 aliphatic heterocycles. The van der Waals surface area contributed by atoms with Crippen molar-refractivity contribution in [2.24, 2.45) is 0 Å². The predicted molar refractivity (Wildman–Crippen MR) is 24.6 cm³/mol. The van der Waals surface area contributed by atoms with Crippen LogP contribution in [0.4, 0.5) is 0 Å². The van der Waals surface area contributed by atoms with E-state index in [0.29, 0.717) is 6.61 Å². The van der Waals surface area contributed by atoms with Gasteiger partial charge in [0.2, 0.25) is 0 Å². The molecule has 0 aliphatic carbocycles. The number of esters is 1. The third-order valence-electron chi connectivity index (χ3n) is 0.450. The summed E-state index contributed by atoms with van der Waals surface area (Å²) in [5.41, 5.74) is 6.44. The Bertz CT molecular complexity index is 62.7. The molecule has 0 saturated carbocycles. The van der Waals surface area contributed by atoms with Gasteiger partial charge in [0.05, 0.1) is 6.61 Å². The minimum atomic E-state index is -0.456. The zero-order valence-electron chi connectivity index (χ0n) is 4.23. The molecular formula is C4H8NO2. The van der Waals surface area contributed by atoms with Crippen LogP contribution in [-0.4, -0.2) is 19.1 Å². The SMILES string of the molecule is CCOC(=O)C[NH]. The number of rotatable bonds is 2. The zero-order chi connectivity index (χ0) is 5.70. The molecule has 0 saturated heterocycles. The fraction of sp³-hybridized carbons (Fsp3) is 0.750. The van der Waals surface area contributed by atoms with Crippen LogP contribution in [0.1, 0.15) is 6.92 Å². The Hall–Kier alpha value is -0.570. The second-order valence-electron chi connectivity index (χ2n) is 0.982. The maximum absolute atomic E-state index is 10.0. The third kappa shape index (κ3) is 3.26. The molecular weight excluding hydrogens is 94.0 g/mol. The normalized spacial score (nSPS) is 8.29. The molecule has 0 bridgehead atoms. The van der Waals surface area contributed by atoms with Gasteiger partial charge >= 0.3 is 5.97 Å². The van der Waals surface area contributed by atoms with E-state index in [4.69, 9.17) is 5.73 Å². The third-order valence-corrected chi connectivity index (χ3v) is 0.450. The lowest BCUT2D eigenvalue weighted by molar-refractivity contribution is -0.141. The minimum Gasteiger partial charge on any atom is -0.465 e. The number of ether oxygens (including phenoxy) is 1. The van der Waals surface area contributed by atoms with Gasteiger partial charge in [0.25, 0.3) is 0 Å². The lowest BCUT2D eigenvalue weighted by Gasteiger charge is -1.93. The maximum Gasteiger partial charge on any atom is 0.321 e. The summed E-state index contributed by atoms with van der Waals surface area (Å²) in [6.07, 6.45) is 0. The molecule has 0 aliphatic rings. The highest BCUT2D eigenvalue weighted by Crippen LogP contribution is 1.71. The Morgan fingerprint density at radius 1 is 1.86 bits per heavy atom. The van der Waals surface area contributed by atoms with Gasteiger partial charge in [-0.2, -0.15) is 0 Å². The Morgan fingerprint density at radius 2 is 2.43 bits per heavy atom. The van der Waals surface area contributed by atoms with Crippen molar-refractivity contribution in [3.8, 4) is 0 Å². The van der Waals surface area contributed by atoms with E-state index in [-0.39, 0.29) is 6.54 Å². The van der Waals surface area contributed by atoms with Gasteiger partial charge in [-0.3, -0.25) is 4.79 Å². The van der Waals surface area contributed by atoms with Crippen LogP contribution in [0.25, 0.3) is 0 Å². The largest absolute Gasteiger partial charge is 0.465 e. The average molecular weight is 102 g/mol. The Morgan fingerprint density at radius 3 is 2.57 bits per heavy atom. The topological polar surface area (TPSA) is 50.1 Å². The fourth-order valence-corrected chi connectivity index (χ4v) is 0.212. The van der Waals surface area contributed by atoms with Crippen molar-refractivity contribution in [1.29, 1.82) is 0 Å². The molecule has 1 radical (unpaired) electrons. The quantitative estimate of drug-likeness (QED) is 0.454. The molecule has 0 aromatic carbocycles. The molecule has 0 amide bonds. The summed E-state index contributed by atoms with van der Waals surface area (Å²) in [6, 6.07) is 0. The Balaban J connectivity index is 3.00. The highest BCUT2D eigenvalue weighted by Gasteiger charge is 1.92. The van der Waals surface area contributed by atoms with E-state index >= 15 is 0 Å². The molecule has 0 atom stereocenters. The minimum absolute atomic E-state index is 0.270. The highest BCUT2D eigenvalue weighted by molar-refractivity contribution is 5.71. The molecule has 1 N–H and O–H groups in total. The first-order valence-corrected chi connectivity index (χ1v) is 2.11. The fourth-order valence-electron chi connectivity index (χ4n) is 0.212. The summed E-state index contributed by atoms with van der Waals surface area (Å²) in [6.45, 7) is 1.82. The lowest BCUT2D eigenvalue weighted by Crippen LogP contribution is -2.09. The molecule has 0 aromatic rings. The maximum atomic E-state index is 10.0. The number of carbonyl (C=O) groups is 1. The van der Waals surface area contributed by atoms with Gasteiger partial charge in [0.1, 0.15) is 6.54 Å². The lowest BCUT2D eigenvalue weighted by atomic mass is 10.7. The summed E-state index contributed by atoms with van der Waals surface area (Å²) in [5.74, 6) is -0.456. The second kappa shape index (κ2) is 3.61. The summed E-state index contributed by atoms with van der Waals surface area (Å²) >= 11 is 0. The van der Waals surface area contributed by atoms with Crippen molar-refractivity contribution < 1.29 is 9.53 Å². The van der Waals surface area contributed by atoms with E-state index in [2.05, 4.69) is 4.74 Å². The zero-order valence-corrected chi connectivity index (χ0v) is 4.23. The summed E-state index contributed by atoms with van der Waals surface area (Å²) in [7, 11) is 0. The summed E-state index contributed by atoms with van der Waals surface area (Å²) < 4.78 is 4.36. The number of nitrogens with one attached hydrogen (secondary N) is 1. The number of carbonyl (C=O) groups excluding carboxylic acids is 1. The van der Waals surface area contributed by atoms with Gasteiger partial charge in [0.15, 0.2) is 0 Å². The molecule has 0 fully saturated rings. The van der Waals surface area contributed by atoms with Gasteiger partial charge in [-0.15, -0.1) is 0 Å². The standard InChI is InChI=1S/C4H8NO2/c1-2-7-4(6)3-5/h5H,2-3H2,1H3. The molecule has 0 rings (SSSR count). The van der Waals surface area contributed by atoms with Gasteiger partial charge in [-0.1, -0.05) is 0 Å². The number of hydrogen-bond acceptors (Lipinski definition) is 2. The van der Waals surface area contributed by atoms with Crippen molar-refractivity contribution in [3.05, 3.63) is 0 Å². The Labute approximate surface area is 42.4 Å². The van der Waals surface area contributed by atoms with E-state index in [9.17, 15) is 4.79 Å². The van der Waals surface area contributed by atoms with Gasteiger partial charge in [-0.25, -0.2) is 5.73 Å². The van der Waals surface area contributed by atoms with Crippen molar-refractivity contribution in [2.45, 2.75) is 6.92 Å². The first kappa shape index (κ1) is 6.43. The summed E-state index contributed by atoms with van der Waals surface area (Å²) in [5, 5.41) is 0. The van der Waals surface area contributed by atoms with E-state index in [1.165, 1.54) is 0 Å². The molecule has 3 heteroatoms. The van der Waals surface area contributed by atoms with Crippen LogP contribution in [-0.2, 0) is 9.53 Å². The van der Waals surface area contributed by atoms with Crippen molar-refractivity contribution in [3.63, 3.8) is 0 Å². The monoisotopic (exact) mass is 102 g/mol. The molecule has 0 aromatic heterocycles. The molecule has 3 nitrogen and oxygen atoms in total. The summed E-state index contributed by atoms with van der Waals surface area (Å²) in [4.78, 5) is 10.0. The number of hydrogen-bond donors (Lipinski definition) is 0. The van der Waals surface area contributed by atoms with E-state index in [1.807, 2.05) is 0 Å². The van der Waals surface area contributed by atoms with E-state index in [0.717, 1.165) is 0 Å². The predicted octanol–water partition coefficient (Wildman–Crippen LogP) is -0.168. The second-order valence-corrected chi connectivity index (χ2v) is 0.982. The van der Waals surface area contributed by atoms with Gasteiger partial charge in [0, 0.05) is 0 Å². The first-order chi connectivity index (χ1) is 3.31. The van der Waals surface area contributed by atoms with Crippen LogP contribution in [0.2, 0.25) is 0 Å². The Kier molecular flexibility index (Phi) is 3.32. The van der Waals surface area contributed by atoms with Gasteiger partial charge in [-0.05, 0) is 6.92 Å². The molecule has 0 spiro atoms. The van der Waals surface area contributed by atoms with E-state index < -0.39 is 5.97 Å². The van der Waals surface area contributed by atoms with Crippen LogP contribution in [0.3, 0.4) is 0 Å². The molecule has 7 heavy (non-hydrogen) atoms. The van der Waals surface area contributed by atoms with Crippen molar-refractivity contribution in [2.75, 3.05) is 13.2 Å². The molecule has 0 heterocycles. The highest BCUT2D eigenvalue weighted by atomic mass is 16.5. The average Bonchev–Trinajstić information content (AvgIpc) is 1.68. The first-order valence-electron chi connectivity index (χ1n) is 2.11.